The van der Waals surface area contributed by atoms with Gasteiger partial charge in [-0.1, -0.05) is 0 Å². The first-order chi connectivity index (χ1) is 6.79. The van der Waals surface area contributed by atoms with Crippen molar-refractivity contribution in [1.29, 1.82) is 0 Å². The third-order valence-corrected chi connectivity index (χ3v) is 2.44. The van der Waals surface area contributed by atoms with E-state index in [9.17, 15) is 14.8 Å². The van der Waals surface area contributed by atoms with Crippen molar-refractivity contribution in [2.45, 2.75) is 31.0 Å². The molecule has 0 saturated carbocycles. The maximum atomic E-state index is 10.4. The molecule has 1 aliphatic rings. The summed E-state index contributed by atoms with van der Waals surface area (Å²) in [4.78, 5) is 16.8. The molecule has 0 aliphatic carbocycles. The van der Waals surface area contributed by atoms with Gasteiger partial charge >= 0.3 is 7.82 Å². The highest BCUT2D eigenvalue weighted by Crippen LogP contribution is 2.36. The number of hydrogen-bond donors (Lipinski definition) is 5. The van der Waals surface area contributed by atoms with Gasteiger partial charge in [-0.05, 0) is 0 Å². The van der Waals surface area contributed by atoms with E-state index in [1.54, 1.807) is 0 Å². The topological polar surface area (TPSA) is 137 Å². The van der Waals surface area contributed by atoms with E-state index in [0.29, 0.717) is 0 Å². The monoisotopic (exact) mass is 244 g/mol. The van der Waals surface area contributed by atoms with E-state index in [1.807, 2.05) is 0 Å². The number of phosphoric acid groups is 1. The van der Waals surface area contributed by atoms with Gasteiger partial charge in [0.05, 0.1) is 12.7 Å². The molecule has 4 atom stereocenters. The molecule has 0 bridgehead atoms. The summed E-state index contributed by atoms with van der Waals surface area (Å²) in [5.74, 6) is 0. The van der Waals surface area contributed by atoms with E-state index < -0.39 is 39.0 Å². The summed E-state index contributed by atoms with van der Waals surface area (Å²) in [5.41, 5.74) is 0. The molecule has 0 amide bonds. The summed E-state index contributed by atoms with van der Waals surface area (Å²) in [6.45, 7) is -0.612. The highest BCUT2D eigenvalue weighted by molar-refractivity contribution is 7.46. The van der Waals surface area contributed by atoms with Crippen LogP contribution in [0.5, 0.6) is 0 Å². The molecule has 9 heteroatoms. The van der Waals surface area contributed by atoms with E-state index in [4.69, 9.17) is 19.6 Å². The Morgan fingerprint density at radius 3 is 2.47 bits per heavy atom. The largest absolute Gasteiger partial charge is 0.469 e. The second kappa shape index (κ2) is 4.86. The number of aliphatic hydroxyl groups is 3. The molecule has 15 heavy (non-hydrogen) atoms. The fourth-order valence-corrected chi connectivity index (χ4v) is 1.58. The predicted octanol–water partition coefficient (Wildman–Crippen LogP) is -2.08. The smallest absolute Gasteiger partial charge is 0.390 e. The van der Waals surface area contributed by atoms with Crippen LogP contribution in [0.2, 0.25) is 0 Å². The second-order valence-electron chi connectivity index (χ2n) is 3.21. The van der Waals surface area contributed by atoms with Gasteiger partial charge in [-0.15, -0.1) is 0 Å². The lowest BCUT2D eigenvalue weighted by Gasteiger charge is -2.34. The summed E-state index contributed by atoms with van der Waals surface area (Å²) in [6, 6.07) is 0. The summed E-state index contributed by atoms with van der Waals surface area (Å²) >= 11 is 0. The Bertz CT molecular complexity index is 252. The van der Waals surface area contributed by atoms with E-state index in [-0.39, 0.29) is 6.42 Å². The van der Waals surface area contributed by atoms with Crippen LogP contribution >= 0.6 is 7.82 Å². The van der Waals surface area contributed by atoms with Gasteiger partial charge in [0.2, 0.25) is 0 Å². The highest BCUT2D eigenvalue weighted by atomic mass is 31.2. The molecule has 0 unspecified atom stereocenters. The molecular weight excluding hydrogens is 231 g/mol. The molecular formula is C6H13O8P. The third-order valence-electron chi connectivity index (χ3n) is 1.96. The molecule has 0 aromatic heterocycles. The Kier molecular flexibility index (Phi) is 4.21. The number of rotatable bonds is 3. The standard InChI is InChI=1S/C6H13O8P/c7-3-1-5(8)14-4(6(3)9)2-13-15(10,11)12/h3-9H,1-2H2,(H2,10,11,12)/t3-,4-,5+,6+/m1/s1. The third kappa shape index (κ3) is 4.13. The van der Waals surface area contributed by atoms with Crippen LogP contribution in [0.3, 0.4) is 0 Å². The highest BCUT2D eigenvalue weighted by Gasteiger charge is 2.37. The van der Waals surface area contributed by atoms with Crippen LogP contribution in [0.25, 0.3) is 0 Å². The average molecular weight is 244 g/mol. The summed E-state index contributed by atoms with van der Waals surface area (Å²) in [6.07, 6.45) is -5.17. The van der Waals surface area contributed by atoms with Crippen LogP contribution < -0.4 is 0 Å². The molecule has 1 rings (SSSR count). The van der Waals surface area contributed by atoms with Gasteiger partial charge in [0.1, 0.15) is 12.2 Å². The predicted molar refractivity (Wildman–Crippen MR) is 45.5 cm³/mol. The minimum atomic E-state index is -4.65. The van der Waals surface area contributed by atoms with Gasteiger partial charge in [-0.3, -0.25) is 4.52 Å². The van der Waals surface area contributed by atoms with Gasteiger partial charge < -0.3 is 29.8 Å². The first-order valence-corrected chi connectivity index (χ1v) is 5.72. The lowest BCUT2D eigenvalue weighted by atomic mass is 10.0. The molecule has 0 spiro atoms. The zero-order valence-corrected chi connectivity index (χ0v) is 8.53. The summed E-state index contributed by atoms with van der Waals surface area (Å²) < 4.78 is 19.2. The van der Waals surface area contributed by atoms with Crippen LogP contribution in [-0.2, 0) is 13.8 Å². The Morgan fingerprint density at radius 1 is 1.33 bits per heavy atom. The van der Waals surface area contributed by atoms with E-state index in [1.165, 1.54) is 0 Å². The number of aliphatic hydroxyl groups excluding tert-OH is 3. The van der Waals surface area contributed by atoms with Gasteiger partial charge in [0.15, 0.2) is 6.29 Å². The lowest BCUT2D eigenvalue weighted by Crippen LogP contribution is -2.50. The van der Waals surface area contributed by atoms with E-state index in [2.05, 4.69) is 4.52 Å². The van der Waals surface area contributed by atoms with Gasteiger partial charge in [-0.25, -0.2) is 4.57 Å². The molecule has 1 heterocycles. The fourth-order valence-electron chi connectivity index (χ4n) is 1.24. The molecule has 1 fully saturated rings. The summed E-state index contributed by atoms with van der Waals surface area (Å²) in [7, 11) is -4.65. The molecule has 0 aromatic rings. The zero-order valence-electron chi connectivity index (χ0n) is 7.63. The fraction of sp³-hybridized carbons (Fsp3) is 1.00. The van der Waals surface area contributed by atoms with Crippen molar-refractivity contribution in [2.75, 3.05) is 6.61 Å². The van der Waals surface area contributed by atoms with Crippen molar-refractivity contribution in [3.63, 3.8) is 0 Å². The van der Waals surface area contributed by atoms with Crippen molar-refractivity contribution in [3.8, 4) is 0 Å². The minimum Gasteiger partial charge on any atom is -0.390 e. The molecule has 5 N–H and O–H groups in total. The van der Waals surface area contributed by atoms with E-state index in [0.717, 1.165) is 0 Å². The molecule has 8 nitrogen and oxygen atoms in total. The number of phosphoric ester groups is 1. The van der Waals surface area contributed by atoms with Crippen LogP contribution in [0, 0.1) is 0 Å². The van der Waals surface area contributed by atoms with Crippen molar-refractivity contribution >= 4 is 7.82 Å². The van der Waals surface area contributed by atoms with E-state index >= 15 is 0 Å². The lowest BCUT2D eigenvalue weighted by molar-refractivity contribution is -0.238. The minimum absolute atomic E-state index is 0.159. The Balaban J connectivity index is 2.49. The maximum Gasteiger partial charge on any atom is 0.469 e. The second-order valence-corrected chi connectivity index (χ2v) is 4.45. The van der Waals surface area contributed by atoms with Crippen molar-refractivity contribution in [3.05, 3.63) is 0 Å². The van der Waals surface area contributed by atoms with Crippen molar-refractivity contribution < 1.29 is 38.9 Å². The van der Waals surface area contributed by atoms with Crippen molar-refractivity contribution in [2.24, 2.45) is 0 Å². The molecule has 0 radical (unpaired) electrons. The maximum absolute atomic E-state index is 10.4. The Hall–Kier alpha value is -0.0500. The van der Waals surface area contributed by atoms with Crippen LogP contribution in [0.4, 0.5) is 0 Å². The number of hydrogen-bond acceptors (Lipinski definition) is 6. The Labute approximate surface area is 85.3 Å². The normalized spacial score (nSPS) is 37.9. The molecule has 90 valence electrons. The van der Waals surface area contributed by atoms with Crippen LogP contribution in [0.1, 0.15) is 6.42 Å². The first kappa shape index (κ1) is 13.0. The molecule has 0 aromatic carbocycles. The first-order valence-electron chi connectivity index (χ1n) is 4.19. The van der Waals surface area contributed by atoms with Gasteiger partial charge in [0.25, 0.3) is 0 Å². The Morgan fingerprint density at radius 2 is 1.93 bits per heavy atom. The molecule has 1 saturated heterocycles. The van der Waals surface area contributed by atoms with Gasteiger partial charge in [-0.2, -0.15) is 0 Å². The quantitative estimate of drug-likeness (QED) is 0.357. The summed E-state index contributed by atoms with van der Waals surface area (Å²) in [5, 5.41) is 27.6. The van der Waals surface area contributed by atoms with Crippen LogP contribution in [-0.4, -0.2) is 56.3 Å². The number of ether oxygens (including phenoxy) is 1. The zero-order chi connectivity index (χ0) is 11.6. The average Bonchev–Trinajstić information content (AvgIpc) is 2.07. The van der Waals surface area contributed by atoms with Crippen molar-refractivity contribution in [1.82, 2.24) is 0 Å². The van der Waals surface area contributed by atoms with Crippen LogP contribution in [0.15, 0.2) is 0 Å². The SMILES string of the molecule is O=P(O)(O)OC[C@H]1O[C@H](O)C[C@@H](O)[C@@H]1O. The molecule has 1 aliphatic heterocycles. The van der Waals surface area contributed by atoms with Gasteiger partial charge in [0, 0.05) is 6.42 Å².